The SMILES string of the molecule is CC.CC(=O)c1cc(C(=O)N2CCC(O)C2)c(Nc2ccc(C)cc2F)n1C. The molecule has 3 rings (SSSR count). The van der Waals surface area contributed by atoms with E-state index >= 15 is 0 Å². The number of anilines is 2. The molecule has 1 unspecified atom stereocenters. The number of aliphatic hydroxyl groups excluding tert-OH is 1. The molecule has 2 aromatic rings. The number of aromatic nitrogens is 1. The average Bonchev–Trinajstić information content (AvgIpc) is 3.23. The predicted octanol–water partition coefficient (Wildman–Crippen LogP) is 3.65. The molecule has 1 aromatic carbocycles. The van der Waals surface area contributed by atoms with Crippen LogP contribution in [0, 0.1) is 12.7 Å². The first kappa shape index (κ1) is 21.6. The Morgan fingerprint density at radius 2 is 1.93 bits per heavy atom. The van der Waals surface area contributed by atoms with Crippen LogP contribution in [0.25, 0.3) is 0 Å². The molecule has 1 saturated heterocycles. The highest BCUT2D eigenvalue weighted by Gasteiger charge is 2.29. The fraction of sp³-hybridized carbons (Fsp3) is 0.429. The van der Waals surface area contributed by atoms with Gasteiger partial charge in [-0.25, -0.2) is 4.39 Å². The second-order valence-corrected chi connectivity index (χ2v) is 6.71. The number of halogens is 1. The Hall–Kier alpha value is -2.67. The number of rotatable bonds is 4. The van der Waals surface area contributed by atoms with Crippen LogP contribution in [0.4, 0.5) is 15.9 Å². The summed E-state index contributed by atoms with van der Waals surface area (Å²) in [6, 6.07) is 6.27. The molecule has 1 aliphatic heterocycles. The van der Waals surface area contributed by atoms with Gasteiger partial charge in [0.15, 0.2) is 5.78 Å². The zero-order valence-corrected chi connectivity index (χ0v) is 17.0. The number of Topliss-reactive ketones (excluding diaryl/α,β-unsaturated/α-hetero) is 1. The normalized spacial score (nSPS) is 15.8. The Kier molecular flexibility index (Phi) is 6.96. The van der Waals surface area contributed by atoms with Gasteiger partial charge in [-0.3, -0.25) is 9.59 Å². The molecule has 1 amide bonds. The second-order valence-electron chi connectivity index (χ2n) is 6.71. The standard InChI is InChI=1S/C19H22FN3O3.C2H6/c1-11-4-5-16(15(20)8-11)21-18-14(9-17(12(2)24)22(18)3)19(26)23-7-6-13(25)10-23;1-2/h4-5,8-9,13,21,25H,6-7,10H2,1-3H3;1-2H3. The fourth-order valence-corrected chi connectivity index (χ4v) is 3.20. The third-order valence-electron chi connectivity index (χ3n) is 4.65. The lowest BCUT2D eigenvalue weighted by molar-refractivity contribution is 0.0766. The van der Waals surface area contributed by atoms with Crippen molar-refractivity contribution in [3.8, 4) is 0 Å². The minimum Gasteiger partial charge on any atom is -0.391 e. The number of aryl methyl sites for hydroxylation is 1. The summed E-state index contributed by atoms with van der Waals surface area (Å²) in [6.45, 7) is 7.90. The predicted molar refractivity (Wildman–Crippen MR) is 108 cm³/mol. The summed E-state index contributed by atoms with van der Waals surface area (Å²) in [4.78, 5) is 26.3. The summed E-state index contributed by atoms with van der Waals surface area (Å²) in [5, 5.41) is 12.6. The van der Waals surface area contributed by atoms with Gasteiger partial charge in [-0.15, -0.1) is 0 Å². The van der Waals surface area contributed by atoms with E-state index in [2.05, 4.69) is 5.32 Å². The first-order chi connectivity index (χ1) is 13.3. The van der Waals surface area contributed by atoms with E-state index in [0.717, 1.165) is 5.56 Å². The van der Waals surface area contributed by atoms with E-state index < -0.39 is 11.9 Å². The zero-order valence-electron chi connectivity index (χ0n) is 17.0. The number of carbonyl (C=O) groups excluding carboxylic acids is 2. The summed E-state index contributed by atoms with van der Waals surface area (Å²) in [5.74, 6) is -0.574. The molecule has 1 aromatic heterocycles. The third-order valence-corrected chi connectivity index (χ3v) is 4.65. The Morgan fingerprint density at radius 1 is 1.25 bits per heavy atom. The van der Waals surface area contributed by atoms with Gasteiger partial charge in [0.25, 0.3) is 5.91 Å². The molecule has 1 aliphatic rings. The maximum atomic E-state index is 14.3. The molecule has 0 radical (unpaired) electrons. The first-order valence-electron chi connectivity index (χ1n) is 9.49. The van der Waals surface area contributed by atoms with E-state index in [1.165, 1.54) is 19.1 Å². The van der Waals surface area contributed by atoms with Gasteiger partial charge in [0, 0.05) is 27.1 Å². The maximum absolute atomic E-state index is 14.3. The smallest absolute Gasteiger partial charge is 0.257 e. The number of carbonyl (C=O) groups is 2. The molecule has 28 heavy (non-hydrogen) atoms. The molecule has 2 N–H and O–H groups in total. The van der Waals surface area contributed by atoms with E-state index in [0.29, 0.717) is 24.5 Å². The molecular formula is C21H28FN3O3. The van der Waals surface area contributed by atoms with Gasteiger partial charge >= 0.3 is 0 Å². The summed E-state index contributed by atoms with van der Waals surface area (Å²) < 4.78 is 15.8. The molecule has 2 heterocycles. The van der Waals surface area contributed by atoms with Crippen LogP contribution in [0.1, 0.15) is 53.6 Å². The third kappa shape index (κ3) is 4.42. The number of nitrogens with one attached hydrogen (secondary N) is 1. The Bertz CT molecular complexity index is 876. The number of amides is 1. The van der Waals surface area contributed by atoms with Gasteiger partial charge in [0.2, 0.25) is 0 Å². The topological polar surface area (TPSA) is 74.6 Å². The van der Waals surface area contributed by atoms with Gasteiger partial charge in [-0.1, -0.05) is 19.9 Å². The molecule has 0 spiro atoms. The van der Waals surface area contributed by atoms with E-state index in [4.69, 9.17) is 0 Å². The van der Waals surface area contributed by atoms with Crippen LogP contribution in [0.15, 0.2) is 24.3 Å². The Labute approximate surface area is 165 Å². The molecule has 1 fully saturated rings. The number of hydrogen-bond donors (Lipinski definition) is 2. The highest BCUT2D eigenvalue weighted by Crippen LogP contribution is 2.29. The molecule has 0 bridgehead atoms. The number of β-amino-alcohol motifs (C(OH)–C–C–N with tert-alkyl or cyclic N) is 1. The largest absolute Gasteiger partial charge is 0.391 e. The van der Waals surface area contributed by atoms with Crippen molar-refractivity contribution in [2.24, 2.45) is 7.05 Å². The van der Waals surface area contributed by atoms with Crippen molar-refractivity contribution in [1.82, 2.24) is 9.47 Å². The highest BCUT2D eigenvalue weighted by molar-refractivity contribution is 6.04. The number of ketones is 1. The lowest BCUT2D eigenvalue weighted by Crippen LogP contribution is -2.29. The monoisotopic (exact) mass is 389 g/mol. The number of likely N-dealkylation sites (tertiary alicyclic amines) is 1. The lowest BCUT2D eigenvalue weighted by Gasteiger charge is -2.17. The Morgan fingerprint density at radius 3 is 2.46 bits per heavy atom. The van der Waals surface area contributed by atoms with Crippen LogP contribution in [-0.2, 0) is 7.05 Å². The summed E-state index contributed by atoms with van der Waals surface area (Å²) in [5.41, 5.74) is 1.64. The van der Waals surface area contributed by atoms with E-state index in [9.17, 15) is 19.1 Å². The molecular weight excluding hydrogens is 361 g/mol. The molecule has 7 heteroatoms. The van der Waals surface area contributed by atoms with Crippen LogP contribution in [0.3, 0.4) is 0 Å². The van der Waals surface area contributed by atoms with Crippen molar-refractivity contribution in [3.05, 3.63) is 46.9 Å². The van der Waals surface area contributed by atoms with Crippen molar-refractivity contribution in [3.63, 3.8) is 0 Å². The first-order valence-corrected chi connectivity index (χ1v) is 9.49. The lowest BCUT2D eigenvalue weighted by atomic mass is 10.2. The highest BCUT2D eigenvalue weighted by atomic mass is 19.1. The Balaban J connectivity index is 0.00000136. The second kappa shape index (κ2) is 9.01. The van der Waals surface area contributed by atoms with Crippen molar-refractivity contribution in [2.75, 3.05) is 18.4 Å². The zero-order chi connectivity index (χ0) is 21.0. The van der Waals surface area contributed by atoms with Crippen LogP contribution in [-0.4, -0.2) is 45.5 Å². The summed E-state index contributed by atoms with van der Waals surface area (Å²) >= 11 is 0. The van der Waals surface area contributed by atoms with Gasteiger partial charge in [0.05, 0.1) is 23.0 Å². The number of aliphatic hydroxyl groups is 1. The molecule has 152 valence electrons. The van der Waals surface area contributed by atoms with Crippen LogP contribution < -0.4 is 5.32 Å². The van der Waals surface area contributed by atoms with E-state index in [-0.39, 0.29) is 29.5 Å². The van der Waals surface area contributed by atoms with Crippen LogP contribution in [0.5, 0.6) is 0 Å². The van der Waals surface area contributed by atoms with Gasteiger partial charge < -0.3 is 19.9 Å². The summed E-state index contributed by atoms with van der Waals surface area (Å²) in [7, 11) is 1.65. The minimum absolute atomic E-state index is 0.194. The van der Waals surface area contributed by atoms with Crippen molar-refractivity contribution in [1.29, 1.82) is 0 Å². The van der Waals surface area contributed by atoms with Crippen LogP contribution in [0.2, 0.25) is 0 Å². The van der Waals surface area contributed by atoms with Gasteiger partial charge in [-0.2, -0.15) is 0 Å². The van der Waals surface area contributed by atoms with E-state index in [1.807, 2.05) is 13.8 Å². The van der Waals surface area contributed by atoms with E-state index in [1.54, 1.807) is 35.6 Å². The van der Waals surface area contributed by atoms with Crippen LogP contribution >= 0.6 is 0 Å². The molecule has 0 aliphatic carbocycles. The van der Waals surface area contributed by atoms with Gasteiger partial charge in [-0.05, 0) is 37.1 Å². The average molecular weight is 389 g/mol. The minimum atomic E-state index is -0.541. The number of hydrogen-bond acceptors (Lipinski definition) is 4. The maximum Gasteiger partial charge on any atom is 0.257 e. The van der Waals surface area contributed by atoms with Gasteiger partial charge in [0.1, 0.15) is 11.6 Å². The quantitative estimate of drug-likeness (QED) is 0.783. The number of benzene rings is 1. The molecule has 0 saturated carbocycles. The fourth-order valence-electron chi connectivity index (χ4n) is 3.20. The van der Waals surface area contributed by atoms with Crippen molar-refractivity contribution in [2.45, 2.75) is 40.2 Å². The molecule has 1 atom stereocenters. The van der Waals surface area contributed by atoms with Crippen molar-refractivity contribution < 1.29 is 19.1 Å². The van der Waals surface area contributed by atoms with Crippen molar-refractivity contribution >= 4 is 23.2 Å². The molecule has 6 nitrogen and oxygen atoms in total. The summed E-state index contributed by atoms with van der Waals surface area (Å²) in [6.07, 6.45) is -0.0195. The number of nitrogens with zero attached hydrogens (tertiary/aromatic N) is 2.